The molecule has 4 nitrogen and oxygen atoms in total. The summed E-state index contributed by atoms with van der Waals surface area (Å²) in [6.07, 6.45) is 2.60. The van der Waals surface area contributed by atoms with Crippen LogP contribution in [0, 0.1) is 13.8 Å². The van der Waals surface area contributed by atoms with Gasteiger partial charge in [0, 0.05) is 23.3 Å². The number of nitrogens with zero attached hydrogens (tertiary/aromatic N) is 1. The van der Waals surface area contributed by atoms with Crippen molar-refractivity contribution in [2.75, 3.05) is 5.32 Å². The third-order valence-corrected chi connectivity index (χ3v) is 4.85. The summed E-state index contributed by atoms with van der Waals surface area (Å²) in [4.78, 5) is 25.6. The minimum atomic E-state index is -0.356. The molecule has 0 fully saturated rings. The van der Waals surface area contributed by atoms with Crippen molar-refractivity contribution in [3.05, 3.63) is 75.1 Å². The number of hydrogen-bond acceptors (Lipinski definition) is 2. The largest absolute Gasteiger partial charge is 0.343 e. The highest BCUT2D eigenvalue weighted by Gasteiger charge is 2.24. The number of pyridine rings is 1. The zero-order valence-corrected chi connectivity index (χ0v) is 14.6. The zero-order valence-electron chi connectivity index (χ0n) is 14.6. The van der Waals surface area contributed by atoms with Gasteiger partial charge in [-0.2, -0.15) is 0 Å². The first-order valence-electron chi connectivity index (χ1n) is 8.50. The molecular weight excluding hydrogens is 312 g/mol. The van der Waals surface area contributed by atoms with Crippen LogP contribution in [0.15, 0.2) is 47.4 Å². The number of aromatic nitrogens is 1. The van der Waals surface area contributed by atoms with Gasteiger partial charge in [-0.25, -0.2) is 0 Å². The van der Waals surface area contributed by atoms with E-state index in [1.54, 1.807) is 6.20 Å². The van der Waals surface area contributed by atoms with E-state index in [-0.39, 0.29) is 22.9 Å². The smallest absolute Gasteiger partial charge is 0.261 e. The number of anilines is 1. The van der Waals surface area contributed by atoms with Crippen LogP contribution in [0.1, 0.15) is 40.0 Å². The highest BCUT2D eigenvalue weighted by Crippen LogP contribution is 2.31. The number of hydrogen-bond donors (Lipinski definition) is 1. The lowest BCUT2D eigenvalue weighted by molar-refractivity contribution is 0.102. The molecule has 1 N–H and O–H groups in total. The molecule has 4 heteroatoms. The van der Waals surface area contributed by atoms with Gasteiger partial charge < -0.3 is 9.88 Å². The number of amides is 1. The Bertz CT molecular complexity index is 1060. The van der Waals surface area contributed by atoms with Crippen LogP contribution in [0.5, 0.6) is 0 Å². The van der Waals surface area contributed by atoms with Crippen molar-refractivity contribution < 1.29 is 4.79 Å². The number of aryl methyl sites for hydroxylation is 2. The molecule has 3 aromatic rings. The van der Waals surface area contributed by atoms with Gasteiger partial charge in [-0.05, 0) is 62.1 Å². The first-order valence-corrected chi connectivity index (χ1v) is 8.50. The predicted molar refractivity (Wildman–Crippen MR) is 100 cm³/mol. The Labute approximate surface area is 146 Å². The van der Waals surface area contributed by atoms with Crippen LogP contribution < -0.4 is 10.7 Å². The molecule has 0 radical (unpaired) electrons. The minimum absolute atomic E-state index is 0.192. The summed E-state index contributed by atoms with van der Waals surface area (Å²) in [5.74, 6) is -0.356. The van der Waals surface area contributed by atoms with Crippen LogP contribution in [0.2, 0.25) is 0 Å². The first-order chi connectivity index (χ1) is 11.9. The number of para-hydroxylation sites is 1. The molecule has 1 atom stereocenters. The summed E-state index contributed by atoms with van der Waals surface area (Å²) >= 11 is 0. The fourth-order valence-electron chi connectivity index (χ4n) is 3.82. The molecule has 0 aliphatic carbocycles. The Kier molecular flexibility index (Phi) is 3.49. The lowest BCUT2D eigenvalue weighted by atomic mass is 10.1. The summed E-state index contributed by atoms with van der Waals surface area (Å²) in [6.45, 7) is 6.07. The number of rotatable bonds is 2. The monoisotopic (exact) mass is 332 g/mol. The quantitative estimate of drug-likeness (QED) is 0.771. The molecular formula is C21H20N2O2. The van der Waals surface area contributed by atoms with Crippen LogP contribution in [-0.4, -0.2) is 10.5 Å². The topological polar surface area (TPSA) is 51.1 Å². The Hall–Kier alpha value is -2.88. The molecule has 1 unspecified atom stereocenters. The second-order valence-corrected chi connectivity index (χ2v) is 6.98. The van der Waals surface area contributed by atoms with E-state index in [2.05, 4.69) is 22.9 Å². The van der Waals surface area contributed by atoms with Crippen LogP contribution in [-0.2, 0) is 6.42 Å². The van der Waals surface area contributed by atoms with Crippen molar-refractivity contribution in [3.8, 4) is 0 Å². The minimum Gasteiger partial charge on any atom is -0.343 e. The highest BCUT2D eigenvalue weighted by atomic mass is 16.2. The number of nitrogens with one attached hydrogen (secondary N) is 1. The Morgan fingerprint density at radius 1 is 1.16 bits per heavy atom. The van der Waals surface area contributed by atoms with Crippen LogP contribution in [0.4, 0.5) is 5.69 Å². The standard InChI is InChI=1S/C21H20N2O2/c1-12-7-13(2)9-16(8-12)22-21(25)18-11-23-14(3)10-15-5-4-6-17(19(15)23)20(18)24/h4-9,11,14H,10H2,1-3H3,(H,22,25). The predicted octanol–water partition coefficient (Wildman–Crippen LogP) is 3.99. The summed E-state index contributed by atoms with van der Waals surface area (Å²) in [5.41, 5.74) is 4.97. The Morgan fingerprint density at radius 3 is 2.60 bits per heavy atom. The number of carbonyl (C=O) groups is 1. The maximum absolute atomic E-state index is 12.9. The van der Waals surface area contributed by atoms with Gasteiger partial charge in [0.25, 0.3) is 5.91 Å². The Morgan fingerprint density at radius 2 is 1.88 bits per heavy atom. The average molecular weight is 332 g/mol. The summed E-state index contributed by atoms with van der Waals surface area (Å²) in [6, 6.07) is 11.9. The number of carbonyl (C=O) groups excluding carboxylic acids is 1. The van der Waals surface area contributed by atoms with Crippen LogP contribution >= 0.6 is 0 Å². The van der Waals surface area contributed by atoms with E-state index in [1.165, 1.54) is 5.56 Å². The van der Waals surface area contributed by atoms with Gasteiger partial charge in [0.15, 0.2) is 0 Å². The van der Waals surface area contributed by atoms with E-state index < -0.39 is 0 Å². The maximum atomic E-state index is 12.9. The summed E-state index contributed by atoms with van der Waals surface area (Å²) < 4.78 is 2.06. The number of benzene rings is 2. The van der Waals surface area contributed by atoms with E-state index in [9.17, 15) is 9.59 Å². The molecule has 1 aromatic heterocycles. The van der Waals surface area contributed by atoms with Crippen molar-refractivity contribution in [1.29, 1.82) is 0 Å². The van der Waals surface area contributed by atoms with Gasteiger partial charge in [-0.3, -0.25) is 9.59 Å². The van der Waals surface area contributed by atoms with E-state index in [0.717, 1.165) is 23.1 Å². The zero-order chi connectivity index (χ0) is 17.7. The van der Waals surface area contributed by atoms with Gasteiger partial charge in [-0.15, -0.1) is 0 Å². The molecule has 25 heavy (non-hydrogen) atoms. The second-order valence-electron chi connectivity index (χ2n) is 6.98. The van der Waals surface area contributed by atoms with Crippen molar-refractivity contribution in [1.82, 2.24) is 4.57 Å². The van der Waals surface area contributed by atoms with Gasteiger partial charge >= 0.3 is 0 Å². The van der Waals surface area contributed by atoms with E-state index in [1.807, 2.05) is 44.2 Å². The SMILES string of the molecule is Cc1cc(C)cc(NC(=O)c2cn3c4c(cccc4c2=O)CC3C)c1. The van der Waals surface area contributed by atoms with Crippen molar-refractivity contribution >= 4 is 22.5 Å². The molecule has 0 saturated carbocycles. The van der Waals surface area contributed by atoms with Crippen LogP contribution in [0.25, 0.3) is 10.9 Å². The van der Waals surface area contributed by atoms with E-state index in [4.69, 9.17) is 0 Å². The highest BCUT2D eigenvalue weighted by molar-refractivity contribution is 6.06. The fourth-order valence-corrected chi connectivity index (χ4v) is 3.82. The normalized spacial score (nSPS) is 15.6. The summed E-state index contributed by atoms with van der Waals surface area (Å²) in [7, 11) is 0. The molecule has 1 aliphatic rings. The first kappa shape index (κ1) is 15.6. The average Bonchev–Trinajstić information content (AvgIpc) is 2.86. The lowest BCUT2D eigenvalue weighted by Crippen LogP contribution is -2.23. The molecule has 0 bridgehead atoms. The second kappa shape index (κ2) is 5.59. The van der Waals surface area contributed by atoms with Crippen LogP contribution in [0.3, 0.4) is 0 Å². The van der Waals surface area contributed by atoms with Crippen molar-refractivity contribution in [2.45, 2.75) is 33.2 Å². The molecule has 2 heterocycles. The van der Waals surface area contributed by atoms with Crippen molar-refractivity contribution in [2.24, 2.45) is 0 Å². The van der Waals surface area contributed by atoms with Gasteiger partial charge in [0.2, 0.25) is 5.43 Å². The molecule has 2 aromatic carbocycles. The van der Waals surface area contributed by atoms with E-state index in [0.29, 0.717) is 11.1 Å². The lowest BCUT2D eigenvalue weighted by Gasteiger charge is -2.13. The Balaban J connectivity index is 1.81. The molecule has 4 rings (SSSR count). The molecule has 0 spiro atoms. The van der Waals surface area contributed by atoms with Gasteiger partial charge in [-0.1, -0.05) is 18.2 Å². The third kappa shape index (κ3) is 2.54. The third-order valence-electron chi connectivity index (χ3n) is 4.85. The molecule has 126 valence electrons. The van der Waals surface area contributed by atoms with E-state index >= 15 is 0 Å². The maximum Gasteiger partial charge on any atom is 0.261 e. The molecule has 1 amide bonds. The fraction of sp³-hybridized carbons (Fsp3) is 0.238. The van der Waals surface area contributed by atoms with Gasteiger partial charge in [0.1, 0.15) is 5.56 Å². The summed E-state index contributed by atoms with van der Waals surface area (Å²) in [5, 5.41) is 3.50. The van der Waals surface area contributed by atoms with Crippen molar-refractivity contribution in [3.63, 3.8) is 0 Å². The van der Waals surface area contributed by atoms with Gasteiger partial charge in [0.05, 0.1) is 5.52 Å². The molecule has 0 saturated heterocycles. The molecule has 1 aliphatic heterocycles.